The van der Waals surface area contributed by atoms with Crippen molar-refractivity contribution in [2.75, 3.05) is 60.5 Å². The third kappa shape index (κ3) is 6.52. The maximum Gasteiger partial charge on any atom is 0.269 e. The van der Waals surface area contributed by atoms with E-state index in [1.54, 1.807) is 43.7 Å². The first-order valence-corrected chi connectivity index (χ1v) is 24.9. The molecule has 3 aliphatic heterocycles. The fourth-order valence-electron chi connectivity index (χ4n) is 13.4. The van der Waals surface area contributed by atoms with Gasteiger partial charge >= 0.3 is 0 Å². The number of aromatic nitrogens is 10. The molecule has 71 heavy (non-hydrogen) atoms. The van der Waals surface area contributed by atoms with Gasteiger partial charge in [0.25, 0.3) is 5.56 Å². The minimum atomic E-state index is -0.326. The second kappa shape index (κ2) is 16.3. The minimum Gasteiger partial charge on any atom is -0.355 e. The topological polar surface area (TPSA) is 206 Å². The van der Waals surface area contributed by atoms with Crippen molar-refractivity contribution in [3.05, 3.63) is 135 Å². The molecule has 6 N–H and O–H groups in total. The molecule has 0 bridgehead atoms. The molecule has 0 amide bonds. The fraction of sp³-hybridized carbons (Fsp3) is 0.385. The van der Waals surface area contributed by atoms with Crippen molar-refractivity contribution in [2.45, 2.75) is 48.3 Å². The summed E-state index contributed by atoms with van der Waals surface area (Å²) in [4.78, 5) is 42.8. The first kappa shape index (κ1) is 44.1. The number of nitrogens with one attached hydrogen (secondary N) is 2. The highest BCUT2D eigenvalue weighted by Gasteiger charge is 2.67. The Kier molecular flexibility index (Phi) is 10.1. The summed E-state index contributed by atoms with van der Waals surface area (Å²) in [5.74, 6) is 3.36. The van der Waals surface area contributed by atoms with Crippen LogP contribution in [0, 0.1) is 35.3 Å². The Morgan fingerprint density at radius 2 is 1.39 bits per heavy atom. The van der Waals surface area contributed by atoms with E-state index < -0.39 is 0 Å². The van der Waals surface area contributed by atoms with E-state index >= 15 is 0 Å². The highest BCUT2D eigenvalue weighted by molar-refractivity contribution is 6.33. The van der Waals surface area contributed by atoms with Crippen LogP contribution in [0.25, 0.3) is 33.6 Å². The molecule has 8 aromatic rings. The van der Waals surface area contributed by atoms with Crippen LogP contribution in [0.1, 0.15) is 48.9 Å². The van der Waals surface area contributed by atoms with Crippen molar-refractivity contribution in [1.82, 2.24) is 49.9 Å². The van der Waals surface area contributed by atoms with Crippen molar-refractivity contribution in [1.29, 1.82) is 0 Å². The first-order valence-electron chi connectivity index (χ1n) is 24.5. The predicted molar refractivity (Wildman–Crippen MR) is 268 cm³/mol. The van der Waals surface area contributed by atoms with Gasteiger partial charge in [0.2, 0.25) is 5.65 Å². The number of aryl methyl sites for hydroxylation is 1. The Hall–Kier alpha value is -6.89. The van der Waals surface area contributed by atoms with Gasteiger partial charge in [0.05, 0.1) is 29.5 Å². The summed E-state index contributed by atoms with van der Waals surface area (Å²) < 4.78 is 30.8. The summed E-state index contributed by atoms with van der Waals surface area (Å²) in [7, 11) is 1.64. The number of hydrogen-bond donors (Lipinski definition) is 4. The monoisotopic (exact) mass is 975 g/mol. The van der Waals surface area contributed by atoms with E-state index in [9.17, 15) is 13.6 Å². The number of rotatable bonds is 8. The van der Waals surface area contributed by atoms with Gasteiger partial charge in [-0.1, -0.05) is 54.4 Å². The fourth-order valence-corrected chi connectivity index (χ4v) is 13.7. The Balaban J connectivity index is 0.000000139. The summed E-state index contributed by atoms with van der Waals surface area (Å²) in [6, 6.07) is 20.0. The third-order valence-electron chi connectivity index (χ3n) is 17.3. The van der Waals surface area contributed by atoms with Crippen LogP contribution in [0.5, 0.6) is 0 Å². The van der Waals surface area contributed by atoms with E-state index in [1.165, 1.54) is 35.6 Å². The molecular formula is C52H52ClF2N15O. The van der Waals surface area contributed by atoms with E-state index in [1.807, 2.05) is 42.7 Å². The van der Waals surface area contributed by atoms with Crippen LogP contribution in [0.3, 0.4) is 0 Å². The van der Waals surface area contributed by atoms with Gasteiger partial charge in [0.1, 0.15) is 33.8 Å². The molecule has 362 valence electrons. The SMILES string of the molecule is Cn1ccc(-c2[nH]nc3nc(N4CC[C@@H]5[C@H](C4)[C@@]5(CN)c4ccccc4F)cnc23)c(Cl)c1=O.NC[C@]1(c2ccccc2F)[C@@H]2CCN(c3cnc4c(N5CC6(CCC6)c6ncccc65)n[nH]c4n3)C[C@@H]21. The van der Waals surface area contributed by atoms with Gasteiger partial charge in [-0.05, 0) is 90.8 Å². The summed E-state index contributed by atoms with van der Waals surface area (Å²) in [5.41, 5.74) is 19.1. The van der Waals surface area contributed by atoms with E-state index in [0.717, 1.165) is 79.5 Å². The number of H-pyrrole nitrogens is 2. The van der Waals surface area contributed by atoms with Crippen LogP contribution in [0.2, 0.25) is 5.02 Å². The normalized spacial score (nSPS) is 25.6. The van der Waals surface area contributed by atoms with Crippen molar-refractivity contribution >= 4 is 57.1 Å². The van der Waals surface area contributed by atoms with E-state index in [0.29, 0.717) is 64.7 Å². The van der Waals surface area contributed by atoms with E-state index in [4.69, 9.17) is 43.0 Å². The van der Waals surface area contributed by atoms with Gasteiger partial charge in [0, 0.05) is 87.1 Å². The number of benzene rings is 2. The second-order valence-corrected chi connectivity index (χ2v) is 20.7. The van der Waals surface area contributed by atoms with Gasteiger partial charge in [-0.15, -0.1) is 0 Å². The average molecular weight is 977 g/mol. The number of aromatic amines is 2. The lowest BCUT2D eigenvalue weighted by molar-refractivity contribution is 0.260. The van der Waals surface area contributed by atoms with Crippen molar-refractivity contribution in [3.8, 4) is 11.3 Å². The highest BCUT2D eigenvalue weighted by Crippen LogP contribution is 2.65. The second-order valence-electron chi connectivity index (χ2n) is 20.4. The Bertz CT molecular complexity index is 3470. The lowest BCUT2D eigenvalue weighted by atomic mass is 9.67. The number of nitrogens with two attached hydrogens (primary N) is 2. The van der Waals surface area contributed by atoms with Crippen LogP contribution in [0.4, 0.5) is 31.9 Å². The van der Waals surface area contributed by atoms with Gasteiger partial charge in [-0.25, -0.2) is 28.7 Å². The number of anilines is 4. The van der Waals surface area contributed by atoms with Crippen LogP contribution in [-0.4, -0.2) is 95.7 Å². The van der Waals surface area contributed by atoms with Crippen LogP contribution < -0.4 is 31.7 Å². The Morgan fingerprint density at radius 3 is 2.01 bits per heavy atom. The standard InChI is InChI=1S/C28H29FN8.C24H23ClFN7O/c29-20-6-2-1-5-18(20)28(15-30)17-8-12-36(14-19(17)28)22-13-32-23-25(33-22)34-35-26(23)37-16-27(9-4-10-27)24-21(37)7-3-11-31-24;1-32-8-6-13(19(25)23(32)34)20-21-22(31-30-20)29-18(10-28-21)33-9-7-14-16(11-33)24(14,12-27)15-4-2-3-5-17(15)26/h1-3,5-7,11,13,17,19H,4,8-10,12,14-16,30H2,(H,33,34,35);2-6,8,10,14,16H,7,9,11-12,27H2,1H3,(H,29,30,31)/t17-,19+,28-;14-,16+,24-/m11/s1. The van der Waals surface area contributed by atoms with Gasteiger partial charge in [-0.2, -0.15) is 10.2 Å². The predicted octanol–water partition coefficient (Wildman–Crippen LogP) is 6.68. The molecule has 2 aromatic carbocycles. The molecular weight excluding hydrogens is 924 g/mol. The molecule has 6 aromatic heterocycles. The number of fused-ring (bicyclic) bond motifs is 6. The minimum absolute atomic E-state index is 0.100. The first-order chi connectivity index (χ1) is 34.6. The highest BCUT2D eigenvalue weighted by atomic mass is 35.5. The van der Waals surface area contributed by atoms with Crippen molar-refractivity contribution < 1.29 is 8.78 Å². The lowest BCUT2D eigenvalue weighted by Crippen LogP contribution is -2.38. The molecule has 3 aliphatic carbocycles. The molecule has 0 unspecified atom stereocenters. The van der Waals surface area contributed by atoms with Crippen molar-refractivity contribution in [2.24, 2.45) is 42.2 Å². The molecule has 19 heteroatoms. The summed E-state index contributed by atoms with van der Waals surface area (Å²) in [6.45, 7) is 4.93. The molecule has 14 rings (SSSR count). The molecule has 0 radical (unpaired) electrons. The number of piperidine rings is 2. The van der Waals surface area contributed by atoms with E-state index in [-0.39, 0.29) is 44.4 Å². The quantitative estimate of drug-likeness (QED) is 0.126. The number of pyridine rings is 2. The van der Waals surface area contributed by atoms with Gasteiger partial charge < -0.3 is 30.7 Å². The molecule has 5 fully saturated rings. The van der Waals surface area contributed by atoms with Crippen LogP contribution in [0.15, 0.2) is 96.3 Å². The van der Waals surface area contributed by atoms with Crippen molar-refractivity contribution in [3.63, 3.8) is 0 Å². The number of halogens is 3. The molecule has 9 heterocycles. The molecule has 6 atom stereocenters. The number of nitrogens with zero attached hydrogens (tertiary/aromatic N) is 11. The molecule has 6 aliphatic rings. The van der Waals surface area contributed by atoms with Crippen LogP contribution >= 0.6 is 11.6 Å². The summed E-state index contributed by atoms with van der Waals surface area (Å²) in [6.07, 6.45) is 12.6. The molecule has 1 spiro atoms. The maximum atomic E-state index is 14.7. The average Bonchev–Trinajstić information content (AvgIpc) is 3.92. The Morgan fingerprint density at radius 1 is 0.761 bits per heavy atom. The summed E-state index contributed by atoms with van der Waals surface area (Å²) >= 11 is 6.29. The smallest absolute Gasteiger partial charge is 0.269 e. The largest absolute Gasteiger partial charge is 0.355 e. The van der Waals surface area contributed by atoms with Crippen LogP contribution in [-0.2, 0) is 23.3 Å². The van der Waals surface area contributed by atoms with E-state index in [2.05, 4.69) is 46.1 Å². The summed E-state index contributed by atoms with van der Waals surface area (Å²) in [5, 5.41) is 15.2. The van der Waals surface area contributed by atoms with Gasteiger partial charge in [-0.3, -0.25) is 20.0 Å². The lowest BCUT2D eigenvalue weighted by Gasteiger charge is -2.37. The Labute approximate surface area is 411 Å². The maximum absolute atomic E-state index is 14.7. The third-order valence-corrected chi connectivity index (χ3v) is 17.7. The molecule has 2 saturated heterocycles. The number of hydrogen-bond acceptors (Lipinski definition) is 13. The molecule has 3 saturated carbocycles. The zero-order chi connectivity index (χ0) is 48.4. The van der Waals surface area contributed by atoms with Gasteiger partial charge in [0.15, 0.2) is 17.0 Å². The zero-order valence-corrected chi connectivity index (χ0v) is 39.8. The molecule has 16 nitrogen and oxygen atoms in total. The zero-order valence-electron chi connectivity index (χ0n) is 39.1.